The highest BCUT2D eigenvalue weighted by Gasteiger charge is 2.07. The van der Waals surface area contributed by atoms with Crippen molar-refractivity contribution in [1.29, 1.82) is 0 Å². The van der Waals surface area contributed by atoms with Gasteiger partial charge in [0.1, 0.15) is 5.75 Å². The van der Waals surface area contributed by atoms with Gasteiger partial charge in [-0.05, 0) is 41.3 Å². The molecule has 2 heterocycles. The molecule has 0 unspecified atom stereocenters. The lowest BCUT2D eigenvalue weighted by atomic mass is 10.2. The molecule has 116 valence electrons. The minimum atomic E-state index is -0.133. The number of rotatable bonds is 5. The van der Waals surface area contributed by atoms with Crippen LogP contribution in [-0.2, 0) is 6.54 Å². The van der Waals surface area contributed by atoms with Crippen LogP contribution in [0, 0.1) is 0 Å². The molecule has 0 aliphatic rings. The van der Waals surface area contributed by atoms with Gasteiger partial charge in [-0.3, -0.25) is 9.78 Å². The Morgan fingerprint density at radius 3 is 2.61 bits per heavy atom. The van der Waals surface area contributed by atoms with Gasteiger partial charge in [0.15, 0.2) is 0 Å². The second-order valence-corrected chi connectivity index (χ2v) is 5.89. The zero-order valence-electron chi connectivity index (χ0n) is 12.7. The summed E-state index contributed by atoms with van der Waals surface area (Å²) in [6.07, 6.45) is 1.61. The van der Waals surface area contributed by atoms with Gasteiger partial charge in [0.25, 0.3) is 5.91 Å². The van der Waals surface area contributed by atoms with Crippen molar-refractivity contribution in [2.45, 2.75) is 6.54 Å². The molecule has 0 saturated heterocycles. The number of nitrogens with one attached hydrogen (secondary N) is 1. The molecule has 23 heavy (non-hydrogen) atoms. The van der Waals surface area contributed by atoms with Gasteiger partial charge >= 0.3 is 0 Å². The van der Waals surface area contributed by atoms with Gasteiger partial charge in [0.2, 0.25) is 0 Å². The first-order chi connectivity index (χ1) is 11.3. The number of hydrogen-bond donors (Lipinski definition) is 1. The largest absolute Gasteiger partial charge is 0.497 e. The predicted molar refractivity (Wildman–Crippen MR) is 91.7 cm³/mol. The maximum atomic E-state index is 12.2. The molecule has 0 aliphatic heterocycles. The van der Waals surface area contributed by atoms with Crippen molar-refractivity contribution in [3.63, 3.8) is 0 Å². The molecule has 0 aliphatic carbocycles. The Labute approximate surface area is 138 Å². The summed E-state index contributed by atoms with van der Waals surface area (Å²) in [5.74, 6) is 0.666. The van der Waals surface area contributed by atoms with E-state index in [1.54, 1.807) is 30.7 Å². The maximum absolute atomic E-state index is 12.2. The first kappa shape index (κ1) is 15.2. The van der Waals surface area contributed by atoms with Crippen molar-refractivity contribution in [3.8, 4) is 16.3 Å². The lowest BCUT2D eigenvalue weighted by Gasteiger charge is -2.06. The number of nitrogens with zero attached hydrogens (tertiary/aromatic N) is 1. The van der Waals surface area contributed by atoms with E-state index in [1.807, 2.05) is 47.8 Å². The van der Waals surface area contributed by atoms with Crippen LogP contribution in [0.5, 0.6) is 5.75 Å². The average Bonchev–Trinajstić information content (AvgIpc) is 3.15. The summed E-state index contributed by atoms with van der Waals surface area (Å²) < 4.78 is 5.11. The average molecular weight is 324 g/mol. The van der Waals surface area contributed by atoms with Crippen LogP contribution in [0.1, 0.15) is 15.9 Å². The third-order valence-electron chi connectivity index (χ3n) is 3.41. The Kier molecular flexibility index (Phi) is 4.68. The number of thiophene rings is 1. The number of carbonyl (C=O) groups is 1. The monoisotopic (exact) mass is 324 g/mol. The standard InChI is InChI=1S/C18H16N2O2S/c1-22-15-7-4-13(5-8-15)11-20-18(21)14-6-9-16(19-12-14)17-3-2-10-23-17/h2-10,12H,11H2,1H3,(H,20,21). The molecule has 4 nitrogen and oxygen atoms in total. The summed E-state index contributed by atoms with van der Waals surface area (Å²) in [5, 5.41) is 4.90. The summed E-state index contributed by atoms with van der Waals surface area (Å²) in [6, 6.07) is 15.3. The van der Waals surface area contributed by atoms with E-state index in [1.165, 1.54) is 0 Å². The summed E-state index contributed by atoms with van der Waals surface area (Å²) >= 11 is 1.63. The van der Waals surface area contributed by atoms with Crippen molar-refractivity contribution in [1.82, 2.24) is 10.3 Å². The van der Waals surface area contributed by atoms with Crippen molar-refractivity contribution in [3.05, 3.63) is 71.2 Å². The fraction of sp³-hybridized carbons (Fsp3) is 0.111. The van der Waals surface area contributed by atoms with Gasteiger partial charge in [-0.15, -0.1) is 11.3 Å². The van der Waals surface area contributed by atoms with Crippen LogP contribution in [0.3, 0.4) is 0 Å². The first-order valence-corrected chi connectivity index (χ1v) is 8.05. The van der Waals surface area contributed by atoms with Gasteiger partial charge in [-0.25, -0.2) is 0 Å². The number of ether oxygens (including phenoxy) is 1. The molecule has 0 atom stereocenters. The van der Waals surface area contributed by atoms with Gasteiger partial charge in [-0.1, -0.05) is 18.2 Å². The molecule has 0 radical (unpaired) electrons. The Bertz CT molecular complexity index is 766. The number of aromatic nitrogens is 1. The van der Waals surface area contributed by atoms with E-state index in [9.17, 15) is 4.79 Å². The Morgan fingerprint density at radius 1 is 1.17 bits per heavy atom. The van der Waals surface area contributed by atoms with Crippen LogP contribution < -0.4 is 10.1 Å². The minimum Gasteiger partial charge on any atom is -0.497 e. The summed E-state index contributed by atoms with van der Waals surface area (Å²) in [7, 11) is 1.63. The van der Waals surface area contributed by atoms with E-state index in [4.69, 9.17) is 4.74 Å². The van der Waals surface area contributed by atoms with Gasteiger partial charge < -0.3 is 10.1 Å². The van der Waals surface area contributed by atoms with Crippen LogP contribution in [0.4, 0.5) is 0 Å². The highest BCUT2D eigenvalue weighted by atomic mass is 32.1. The molecule has 0 bridgehead atoms. The highest BCUT2D eigenvalue weighted by Crippen LogP contribution is 2.22. The third-order valence-corrected chi connectivity index (χ3v) is 4.30. The van der Waals surface area contributed by atoms with E-state index in [-0.39, 0.29) is 5.91 Å². The van der Waals surface area contributed by atoms with Crippen molar-refractivity contribution >= 4 is 17.2 Å². The van der Waals surface area contributed by atoms with Gasteiger partial charge in [0.05, 0.1) is 23.2 Å². The number of methoxy groups -OCH3 is 1. The molecule has 2 aromatic heterocycles. The summed E-state index contributed by atoms with van der Waals surface area (Å²) in [6.45, 7) is 0.468. The van der Waals surface area contributed by atoms with Gasteiger partial charge in [-0.2, -0.15) is 0 Å². The van der Waals surface area contributed by atoms with Crippen molar-refractivity contribution in [2.75, 3.05) is 7.11 Å². The zero-order chi connectivity index (χ0) is 16.1. The molecule has 3 aromatic rings. The second-order valence-electron chi connectivity index (χ2n) is 4.94. The van der Waals surface area contributed by atoms with E-state index in [2.05, 4.69) is 10.3 Å². The molecule has 0 saturated carbocycles. The number of hydrogen-bond acceptors (Lipinski definition) is 4. The Morgan fingerprint density at radius 2 is 2.00 bits per heavy atom. The number of amides is 1. The van der Waals surface area contributed by atoms with Crippen LogP contribution >= 0.6 is 11.3 Å². The van der Waals surface area contributed by atoms with E-state index in [0.29, 0.717) is 12.1 Å². The molecule has 0 fully saturated rings. The van der Waals surface area contributed by atoms with Crippen LogP contribution in [0.2, 0.25) is 0 Å². The van der Waals surface area contributed by atoms with E-state index < -0.39 is 0 Å². The molecule has 3 rings (SSSR count). The normalized spacial score (nSPS) is 10.3. The molecular formula is C18H16N2O2S. The maximum Gasteiger partial charge on any atom is 0.253 e. The summed E-state index contributed by atoms with van der Waals surface area (Å²) in [5.41, 5.74) is 2.45. The smallest absolute Gasteiger partial charge is 0.253 e. The second kappa shape index (κ2) is 7.07. The lowest BCUT2D eigenvalue weighted by molar-refractivity contribution is 0.0950. The minimum absolute atomic E-state index is 0.133. The fourth-order valence-corrected chi connectivity index (χ4v) is 2.83. The fourth-order valence-electron chi connectivity index (χ4n) is 2.13. The molecule has 0 spiro atoms. The van der Waals surface area contributed by atoms with Crippen molar-refractivity contribution < 1.29 is 9.53 Å². The first-order valence-electron chi connectivity index (χ1n) is 7.17. The quantitative estimate of drug-likeness (QED) is 0.777. The predicted octanol–water partition coefficient (Wildman–Crippen LogP) is 3.75. The Hall–Kier alpha value is -2.66. The van der Waals surface area contributed by atoms with Crippen LogP contribution in [-0.4, -0.2) is 18.0 Å². The third kappa shape index (κ3) is 3.76. The highest BCUT2D eigenvalue weighted by molar-refractivity contribution is 7.13. The number of pyridine rings is 1. The molecule has 1 aromatic carbocycles. The van der Waals surface area contributed by atoms with Crippen LogP contribution in [0.25, 0.3) is 10.6 Å². The topological polar surface area (TPSA) is 51.2 Å². The molecule has 1 N–H and O–H groups in total. The zero-order valence-corrected chi connectivity index (χ0v) is 13.5. The number of benzene rings is 1. The molecule has 5 heteroatoms. The summed E-state index contributed by atoms with van der Waals surface area (Å²) in [4.78, 5) is 17.6. The number of carbonyl (C=O) groups excluding carboxylic acids is 1. The van der Waals surface area contributed by atoms with E-state index in [0.717, 1.165) is 21.9 Å². The van der Waals surface area contributed by atoms with Gasteiger partial charge in [0, 0.05) is 12.7 Å². The van der Waals surface area contributed by atoms with E-state index >= 15 is 0 Å². The SMILES string of the molecule is COc1ccc(CNC(=O)c2ccc(-c3cccs3)nc2)cc1. The molecular weight excluding hydrogens is 308 g/mol. The lowest BCUT2D eigenvalue weighted by Crippen LogP contribution is -2.22. The Balaban J connectivity index is 1.61. The molecule has 1 amide bonds. The van der Waals surface area contributed by atoms with Crippen LogP contribution in [0.15, 0.2) is 60.1 Å². The van der Waals surface area contributed by atoms with Crippen molar-refractivity contribution in [2.24, 2.45) is 0 Å².